The van der Waals surface area contributed by atoms with Gasteiger partial charge < -0.3 is 15.6 Å². The maximum Gasteiger partial charge on any atom is 0.115 e. The van der Waals surface area contributed by atoms with Crippen molar-refractivity contribution < 1.29 is 15.6 Å². The molecular formula is C11H15NO2. The van der Waals surface area contributed by atoms with Gasteiger partial charge in [0, 0.05) is 18.0 Å². The summed E-state index contributed by atoms with van der Waals surface area (Å²) in [6.45, 7) is 3.98. The Morgan fingerprint density at radius 1 is 1.50 bits per heavy atom. The molecule has 1 aromatic rings. The molecule has 0 spiro atoms. The van der Waals surface area contributed by atoms with Crippen LogP contribution in [0.3, 0.4) is 0 Å². The Morgan fingerprint density at radius 3 is 2.64 bits per heavy atom. The number of rotatable bonds is 3. The van der Waals surface area contributed by atoms with Gasteiger partial charge >= 0.3 is 0 Å². The normalized spacial score (nSPS) is 12.5. The van der Waals surface area contributed by atoms with Crippen molar-refractivity contribution >= 4 is 5.97 Å². The summed E-state index contributed by atoms with van der Waals surface area (Å²) in [5, 5.41) is 10.4. The van der Waals surface area contributed by atoms with Gasteiger partial charge in [-0.1, -0.05) is 23.8 Å². The molecule has 3 N–H and O–H groups in total. The number of benzene rings is 1. The Kier molecular flexibility index (Phi) is 3.25. The van der Waals surface area contributed by atoms with E-state index in [0.29, 0.717) is 0 Å². The minimum atomic E-state index is -1.05. The van der Waals surface area contributed by atoms with Crippen LogP contribution in [0.5, 0.6) is 0 Å². The largest absolute Gasteiger partial charge is 0.550 e. The molecule has 0 saturated carbocycles. The molecule has 0 aliphatic carbocycles. The highest BCUT2D eigenvalue weighted by molar-refractivity contribution is 5.65. The second-order valence-electron chi connectivity index (χ2n) is 3.63. The van der Waals surface area contributed by atoms with Gasteiger partial charge in [-0.3, -0.25) is 0 Å². The molecule has 0 heterocycles. The molecular weight excluding hydrogens is 178 g/mol. The first kappa shape index (κ1) is 10.7. The van der Waals surface area contributed by atoms with Crippen LogP contribution in [0.2, 0.25) is 0 Å². The molecule has 14 heavy (non-hydrogen) atoms. The van der Waals surface area contributed by atoms with E-state index in [1.807, 2.05) is 32.0 Å². The van der Waals surface area contributed by atoms with Crippen LogP contribution in [0, 0.1) is 13.8 Å². The molecule has 0 fully saturated rings. The summed E-state index contributed by atoms with van der Waals surface area (Å²) in [6, 6.07) is 5.71. The lowest BCUT2D eigenvalue weighted by Crippen LogP contribution is -2.55. The number of carboxylic acid groups (broad SMARTS) is 1. The average Bonchev–Trinajstić information content (AvgIpc) is 2.01. The van der Waals surface area contributed by atoms with E-state index in [0.717, 1.165) is 11.1 Å². The monoisotopic (exact) mass is 193 g/mol. The first-order valence-electron chi connectivity index (χ1n) is 4.61. The summed E-state index contributed by atoms with van der Waals surface area (Å²) >= 11 is 0. The van der Waals surface area contributed by atoms with Crippen molar-refractivity contribution in [2.75, 3.05) is 0 Å². The summed E-state index contributed by atoms with van der Waals surface area (Å²) in [5.74, 6) is -1.05. The number of hydrogen-bond acceptors (Lipinski definition) is 2. The maximum absolute atomic E-state index is 10.4. The van der Waals surface area contributed by atoms with Gasteiger partial charge in [0.15, 0.2) is 0 Å². The van der Waals surface area contributed by atoms with E-state index < -0.39 is 5.97 Å². The lowest BCUT2D eigenvalue weighted by molar-refractivity contribution is -0.430. The molecule has 0 unspecified atom stereocenters. The topological polar surface area (TPSA) is 67.8 Å². The predicted octanol–water partition coefficient (Wildman–Crippen LogP) is -0.274. The summed E-state index contributed by atoms with van der Waals surface area (Å²) in [7, 11) is 0. The lowest BCUT2D eigenvalue weighted by atomic mass is 9.98. The van der Waals surface area contributed by atoms with Gasteiger partial charge in [0.1, 0.15) is 6.04 Å². The SMILES string of the molecule is Cc1ccc([C@@H]([NH3+])CC(=O)[O-])c(C)c1. The van der Waals surface area contributed by atoms with E-state index in [2.05, 4.69) is 5.73 Å². The maximum atomic E-state index is 10.4. The van der Waals surface area contributed by atoms with Gasteiger partial charge in [0.05, 0.1) is 0 Å². The summed E-state index contributed by atoms with van der Waals surface area (Å²) < 4.78 is 0. The first-order valence-corrected chi connectivity index (χ1v) is 4.61. The summed E-state index contributed by atoms with van der Waals surface area (Å²) in [6.07, 6.45) is -0.0239. The van der Waals surface area contributed by atoms with Crippen LogP contribution in [0.4, 0.5) is 0 Å². The quantitative estimate of drug-likeness (QED) is 0.717. The molecule has 0 saturated heterocycles. The molecule has 1 atom stereocenters. The highest BCUT2D eigenvalue weighted by atomic mass is 16.4. The Labute approximate surface area is 83.6 Å². The third-order valence-electron chi connectivity index (χ3n) is 2.28. The first-order chi connectivity index (χ1) is 6.50. The minimum Gasteiger partial charge on any atom is -0.550 e. The molecule has 0 aliphatic heterocycles. The third-order valence-corrected chi connectivity index (χ3v) is 2.28. The molecule has 1 rings (SSSR count). The van der Waals surface area contributed by atoms with E-state index in [1.54, 1.807) is 0 Å². The van der Waals surface area contributed by atoms with E-state index in [-0.39, 0.29) is 12.5 Å². The fourth-order valence-electron chi connectivity index (χ4n) is 1.59. The highest BCUT2D eigenvalue weighted by Gasteiger charge is 2.12. The molecule has 3 nitrogen and oxygen atoms in total. The van der Waals surface area contributed by atoms with Crippen molar-refractivity contribution in [2.24, 2.45) is 0 Å². The fraction of sp³-hybridized carbons (Fsp3) is 0.364. The van der Waals surface area contributed by atoms with Crippen LogP contribution in [0.1, 0.15) is 29.2 Å². The molecule has 76 valence electrons. The van der Waals surface area contributed by atoms with Gasteiger partial charge in [0.2, 0.25) is 0 Å². The van der Waals surface area contributed by atoms with Gasteiger partial charge in [-0.2, -0.15) is 0 Å². The van der Waals surface area contributed by atoms with E-state index in [9.17, 15) is 9.90 Å². The van der Waals surface area contributed by atoms with Crippen molar-refractivity contribution in [3.63, 3.8) is 0 Å². The Balaban J connectivity index is 2.90. The standard InChI is InChI=1S/C11H15NO2/c1-7-3-4-9(8(2)5-7)10(12)6-11(13)14/h3-5,10H,6,12H2,1-2H3,(H,13,14)/t10-/m0/s1. The van der Waals surface area contributed by atoms with Gasteiger partial charge in [-0.25, -0.2) is 0 Å². The fourth-order valence-corrected chi connectivity index (χ4v) is 1.59. The zero-order chi connectivity index (χ0) is 10.7. The van der Waals surface area contributed by atoms with Crippen molar-refractivity contribution in [2.45, 2.75) is 26.3 Å². The number of carbonyl (C=O) groups is 1. The van der Waals surface area contributed by atoms with Gasteiger partial charge in [0.25, 0.3) is 0 Å². The van der Waals surface area contributed by atoms with Crippen LogP contribution >= 0.6 is 0 Å². The molecule has 0 bridgehead atoms. The average molecular weight is 193 g/mol. The number of carbonyl (C=O) groups excluding carboxylic acids is 1. The van der Waals surface area contributed by atoms with Crippen LogP contribution in [0.25, 0.3) is 0 Å². The predicted molar refractivity (Wildman–Crippen MR) is 51.2 cm³/mol. The van der Waals surface area contributed by atoms with Crippen LogP contribution in [-0.2, 0) is 4.79 Å². The molecule has 3 heteroatoms. The van der Waals surface area contributed by atoms with E-state index in [1.165, 1.54) is 5.56 Å². The smallest absolute Gasteiger partial charge is 0.115 e. The van der Waals surface area contributed by atoms with Crippen molar-refractivity contribution in [1.29, 1.82) is 0 Å². The molecule has 0 radical (unpaired) electrons. The second-order valence-corrected chi connectivity index (χ2v) is 3.63. The highest BCUT2D eigenvalue weighted by Crippen LogP contribution is 2.17. The van der Waals surface area contributed by atoms with Crippen molar-refractivity contribution in [3.8, 4) is 0 Å². The minimum absolute atomic E-state index is 0.0239. The molecule has 1 aromatic carbocycles. The second kappa shape index (κ2) is 4.24. The Morgan fingerprint density at radius 2 is 2.14 bits per heavy atom. The molecule has 0 amide bonds. The number of hydrogen-bond donors (Lipinski definition) is 1. The third kappa shape index (κ3) is 2.57. The van der Waals surface area contributed by atoms with Crippen molar-refractivity contribution in [3.05, 3.63) is 34.9 Å². The number of aryl methyl sites for hydroxylation is 2. The zero-order valence-corrected chi connectivity index (χ0v) is 8.54. The summed E-state index contributed by atoms with van der Waals surface area (Å²) in [5.41, 5.74) is 7.07. The summed E-state index contributed by atoms with van der Waals surface area (Å²) in [4.78, 5) is 10.4. The van der Waals surface area contributed by atoms with Crippen LogP contribution in [0.15, 0.2) is 18.2 Å². The van der Waals surface area contributed by atoms with E-state index >= 15 is 0 Å². The zero-order valence-electron chi connectivity index (χ0n) is 8.54. The lowest BCUT2D eigenvalue weighted by Gasteiger charge is -2.12. The Hall–Kier alpha value is -1.35. The van der Waals surface area contributed by atoms with Crippen LogP contribution < -0.4 is 10.8 Å². The van der Waals surface area contributed by atoms with Crippen molar-refractivity contribution in [1.82, 2.24) is 0 Å². The Bertz CT molecular complexity index is 347. The van der Waals surface area contributed by atoms with E-state index in [4.69, 9.17) is 0 Å². The van der Waals surface area contributed by atoms with Gasteiger partial charge in [-0.05, 0) is 19.4 Å². The van der Waals surface area contributed by atoms with Crippen LogP contribution in [-0.4, -0.2) is 5.97 Å². The number of aliphatic carboxylic acids is 1. The van der Waals surface area contributed by atoms with Gasteiger partial charge in [-0.15, -0.1) is 0 Å². The number of quaternary nitrogens is 1. The molecule has 0 aliphatic rings. The number of carboxylic acids is 1. The molecule has 0 aromatic heterocycles.